The Morgan fingerprint density at radius 3 is 2.40 bits per heavy atom. The smallest absolute Gasteiger partial charge is 0.328 e. The van der Waals surface area contributed by atoms with E-state index in [1.807, 2.05) is 49.0 Å². The predicted octanol–water partition coefficient (Wildman–Crippen LogP) is 6.47. The molecule has 0 spiro atoms. The van der Waals surface area contributed by atoms with Crippen LogP contribution in [-0.2, 0) is 24.4 Å². The maximum Gasteiger partial charge on any atom is 0.328 e. The van der Waals surface area contributed by atoms with Crippen molar-refractivity contribution in [3.8, 4) is 11.5 Å². The summed E-state index contributed by atoms with van der Waals surface area (Å²) < 4.78 is 5.00. The van der Waals surface area contributed by atoms with Gasteiger partial charge in [-0.25, -0.2) is 19.7 Å². The third kappa shape index (κ3) is 5.67. The van der Waals surface area contributed by atoms with Crippen molar-refractivity contribution in [2.24, 2.45) is 14.1 Å². The molecule has 0 saturated heterocycles. The number of hydrogen-bond acceptors (Lipinski definition) is 5. The maximum absolute atomic E-state index is 13.9. The number of carbonyl (C=O) groups is 2. The van der Waals surface area contributed by atoms with Crippen LogP contribution in [0.4, 0.5) is 0 Å². The SMILES string of the molecule is Cn1c(C2(NC(=O)c3ccc4c(C5CCCC5)c(-c5ncc(Br)cn5)n(C)c4c3)CCC2)nc2ccc(/C=C/C(=O)O)cc21.[Na]. The minimum Gasteiger partial charge on any atom is -0.478 e. The predicted molar refractivity (Wildman–Crippen MR) is 179 cm³/mol. The summed E-state index contributed by atoms with van der Waals surface area (Å²) in [5, 5.41) is 13.5. The van der Waals surface area contributed by atoms with Crippen molar-refractivity contribution in [1.29, 1.82) is 0 Å². The number of halogens is 1. The van der Waals surface area contributed by atoms with Gasteiger partial charge in [0.1, 0.15) is 5.82 Å². The van der Waals surface area contributed by atoms with E-state index in [1.54, 1.807) is 18.5 Å². The molecule has 7 rings (SSSR count). The second kappa shape index (κ2) is 12.5. The fourth-order valence-electron chi connectivity index (χ4n) is 7.07. The number of benzene rings is 2. The average Bonchev–Trinajstić information content (AvgIpc) is 3.71. The Balaban J connectivity index is 0.00000357. The number of amides is 1. The van der Waals surface area contributed by atoms with Crippen molar-refractivity contribution in [3.63, 3.8) is 0 Å². The Kier molecular flexibility index (Phi) is 8.78. The van der Waals surface area contributed by atoms with E-state index < -0.39 is 11.5 Å². The van der Waals surface area contributed by atoms with E-state index in [0.29, 0.717) is 17.3 Å². The van der Waals surface area contributed by atoms with Crippen LogP contribution in [-0.4, -0.2) is 70.6 Å². The zero-order valence-corrected chi connectivity index (χ0v) is 29.3. The first kappa shape index (κ1) is 31.7. The largest absolute Gasteiger partial charge is 0.478 e. The van der Waals surface area contributed by atoms with Crippen molar-refractivity contribution in [1.82, 2.24) is 29.4 Å². The number of nitrogens with one attached hydrogen (secondary N) is 1. The van der Waals surface area contributed by atoms with Crippen molar-refractivity contribution in [3.05, 3.63) is 81.9 Å². The second-order valence-corrected chi connectivity index (χ2v) is 13.0. The fourth-order valence-corrected chi connectivity index (χ4v) is 7.27. The summed E-state index contributed by atoms with van der Waals surface area (Å²) in [5.74, 6) is 0.819. The zero-order valence-electron chi connectivity index (χ0n) is 25.7. The van der Waals surface area contributed by atoms with Gasteiger partial charge in [-0.1, -0.05) is 25.0 Å². The summed E-state index contributed by atoms with van der Waals surface area (Å²) in [4.78, 5) is 39.1. The number of aromatic nitrogens is 5. The molecule has 45 heavy (non-hydrogen) atoms. The second-order valence-electron chi connectivity index (χ2n) is 12.1. The Morgan fingerprint density at radius 2 is 1.73 bits per heavy atom. The minimum atomic E-state index is -0.993. The van der Waals surface area contributed by atoms with E-state index in [-0.39, 0.29) is 35.5 Å². The number of imidazole rings is 1. The van der Waals surface area contributed by atoms with Gasteiger partial charge in [0.2, 0.25) is 0 Å². The molecule has 0 atom stereocenters. The molecule has 11 heteroatoms. The normalized spacial score (nSPS) is 16.2. The summed E-state index contributed by atoms with van der Waals surface area (Å²) >= 11 is 3.46. The summed E-state index contributed by atoms with van der Waals surface area (Å²) in [5.41, 5.74) is 5.80. The first-order valence-corrected chi connectivity index (χ1v) is 15.8. The summed E-state index contributed by atoms with van der Waals surface area (Å²) in [6.07, 6.45) is 13.6. The van der Waals surface area contributed by atoms with E-state index in [9.17, 15) is 9.59 Å². The van der Waals surface area contributed by atoms with Gasteiger partial charge >= 0.3 is 5.97 Å². The zero-order chi connectivity index (χ0) is 30.6. The molecule has 2 aliphatic carbocycles. The molecule has 2 aromatic carbocycles. The molecule has 0 bridgehead atoms. The Hall–Kier alpha value is -3.31. The minimum absolute atomic E-state index is 0. The molecule has 2 N–H and O–H groups in total. The van der Waals surface area contributed by atoms with E-state index in [1.165, 1.54) is 18.4 Å². The van der Waals surface area contributed by atoms with Crippen LogP contribution in [0.5, 0.6) is 0 Å². The van der Waals surface area contributed by atoms with Crippen LogP contribution in [0.2, 0.25) is 0 Å². The third-order valence-electron chi connectivity index (χ3n) is 9.41. The summed E-state index contributed by atoms with van der Waals surface area (Å²) in [6, 6.07) is 11.7. The molecule has 1 amide bonds. The molecule has 5 aromatic rings. The standard InChI is InChI=1S/C34H33BrN6O3.Na/c1-40-26-17-22(10-11-24(26)29(21-6-3-4-7-21)30(40)31-36-18-23(35)19-37-31)32(44)39-34(14-5-15-34)33-38-25-12-8-20(9-13-28(42)43)16-27(25)41(33)2;/h8-13,16-19,21H,3-7,14-15H2,1-2H3,(H,39,44)(H,42,43);/b13-9+;. The molecule has 3 heterocycles. The van der Waals surface area contributed by atoms with Crippen molar-refractivity contribution < 1.29 is 14.7 Å². The average molecular weight is 677 g/mol. The molecule has 2 fully saturated rings. The quantitative estimate of drug-likeness (QED) is 0.151. The van der Waals surface area contributed by atoms with Crippen LogP contribution >= 0.6 is 15.9 Å². The molecule has 2 aliphatic rings. The van der Waals surface area contributed by atoms with Gasteiger partial charge in [0, 0.05) is 78.6 Å². The van der Waals surface area contributed by atoms with Gasteiger partial charge in [0.25, 0.3) is 5.91 Å². The van der Waals surface area contributed by atoms with Crippen molar-refractivity contribution in [2.75, 3.05) is 0 Å². The Bertz CT molecular complexity index is 1970. The van der Waals surface area contributed by atoms with Gasteiger partial charge in [-0.05, 0) is 95.4 Å². The van der Waals surface area contributed by atoms with Crippen LogP contribution in [0.15, 0.2) is 59.3 Å². The van der Waals surface area contributed by atoms with Crippen LogP contribution in [0.25, 0.3) is 39.5 Å². The number of fused-ring (bicyclic) bond motifs is 2. The van der Waals surface area contributed by atoms with Crippen molar-refractivity contribution in [2.45, 2.75) is 56.4 Å². The first-order valence-electron chi connectivity index (χ1n) is 15.0. The summed E-state index contributed by atoms with van der Waals surface area (Å²) in [7, 11) is 3.99. The maximum atomic E-state index is 13.9. The van der Waals surface area contributed by atoms with Gasteiger partial charge in [-0.3, -0.25) is 4.79 Å². The molecule has 2 saturated carbocycles. The van der Waals surface area contributed by atoms with Gasteiger partial charge < -0.3 is 19.6 Å². The third-order valence-corrected chi connectivity index (χ3v) is 9.82. The summed E-state index contributed by atoms with van der Waals surface area (Å²) in [6.45, 7) is 0. The van der Waals surface area contributed by atoms with E-state index in [4.69, 9.17) is 10.1 Å². The Morgan fingerprint density at radius 1 is 1.00 bits per heavy atom. The Labute approximate surface area is 291 Å². The van der Waals surface area contributed by atoms with Crippen LogP contribution < -0.4 is 5.32 Å². The van der Waals surface area contributed by atoms with Gasteiger partial charge in [-0.15, -0.1) is 0 Å². The molecule has 9 nitrogen and oxygen atoms in total. The molecule has 225 valence electrons. The molecule has 0 aliphatic heterocycles. The molecule has 0 unspecified atom stereocenters. The fraction of sp³-hybridized carbons (Fsp3) is 0.324. The molecule has 1 radical (unpaired) electrons. The molecule has 3 aromatic heterocycles. The topological polar surface area (TPSA) is 115 Å². The number of aliphatic carboxylic acids is 1. The van der Waals surface area contributed by atoms with Crippen LogP contribution in [0.3, 0.4) is 0 Å². The number of rotatable bonds is 7. The number of aryl methyl sites for hydroxylation is 2. The monoisotopic (exact) mass is 675 g/mol. The molecular weight excluding hydrogens is 643 g/mol. The number of carboxylic acid groups (broad SMARTS) is 1. The number of carboxylic acids is 1. The number of carbonyl (C=O) groups excluding carboxylic acids is 1. The molecular formula is C34H33BrN6NaO3. The van der Waals surface area contributed by atoms with Gasteiger partial charge in [0.15, 0.2) is 5.82 Å². The van der Waals surface area contributed by atoms with Gasteiger partial charge in [-0.2, -0.15) is 0 Å². The van der Waals surface area contributed by atoms with Crippen LogP contribution in [0, 0.1) is 0 Å². The number of nitrogens with zero attached hydrogens (tertiary/aromatic N) is 5. The van der Waals surface area contributed by atoms with E-state index >= 15 is 0 Å². The van der Waals surface area contributed by atoms with Gasteiger partial charge in [0.05, 0.1) is 26.7 Å². The van der Waals surface area contributed by atoms with E-state index in [2.05, 4.69) is 41.8 Å². The van der Waals surface area contributed by atoms with Crippen LogP contribution in [0.1, 0.15) is 78.2 Å². The number of hydrogen-bond donors (Lipinski definition) is 2. The first-order chi connectivity index (χ1) is 21.2. The van der Waals surface area contributed by atoms with E-state index in [0.717, 1.165) is 81.7 Å². The van der Waals surface area contributed by atoms with Crippen molar-refractivity contribution >= 4 is 85.4 Å².